The molecule has 164 valence electrons. The molecule has 1 heterocycles. The monoisotopic (exact) mass is 426 g/mol. The number of rotatable bonds is 3. The van der Waals surface area contributed by atoms with Crippen LogP contribution in [0.1, 0.15) is 56.1 Å². The van der Waals surface area contributed by atoms with Gasteiger partial charge in [-0.1, -0.05) is 75.4 Å². The van der Waals surface area contributed by atoms with Crippen molar-refractivity contribution in [3.63, 3.8) is 0 Å². The van der Waals surface area contributed by atoms with Crippen LogP contribution in [0.4, 0.5) is 11.4 Å². The SMILES string of the molecule is CC1CC(N(C(=O)C(C)(C)C)c2ccccc2)c2ccccc2N1C(=O)c1ccccc1. The Morgan fingerprint density at radius 3 is 2.03 bits per heavy atom. The number of hydrogen-bond donors (Lipinski definition) is 0. The second-order valence-corrected chi connectivity index (χ2v) is 9.46. The minimum absolute atomic E-state index is 0.0163. The smallest absolute Gasteiger partial charge is 0.258 e. The van der Waals surface area contributed by atoms with Crippen molar-refractivity contribution in [3.05, 3.63) is 96.1 Å². The molecule has 0 fully saturated rings. The zero-order chi connectivity index (χ0) is 22.9. The summed E-state index contributed by atoms with van der Waals surface area (Å²) in [5.41, 5.74) is 2.87. The summed E-state index contributed by atoms with van der Waals surface area (Å²) >= 11 is 0. The normalized spacial score (nSPS) is 18.1. The first-order chi connectivity index (χ1) is 15.3. The van der Waals surface area contributed by atoms with Crippen LogP contribution in [0, 0.1) is 5.41 Å². The predicted octanol–water partition coefficient (Wildman–Crippen LogP) is 6.25. The molecular weight excluding hydrogens is 396 g/mol. The van der Waals surface area contributed by atoms with Gasteiger partial charge in [-0.15, -0.1) is 0 Å². The van der Waals surface area contributed by atoms with E-state index in [1.807, 2.05) is 116 Å². The number of carbonyl (C=O) groups is 2. The van der Waals surface area contributed by atoms with Crippen LogP contribution in [0.3, 0.4) is 0 Å². The molecule has 4 heteroatoms. The first-order valence-corrected chi connectivity index (χ1v) is 11.2. The highest BCUT2D eigenvalue weighted by atomic mass is 16.2. The van der Waals surface area contributed by atoms with E-state index in [1.165, 1.54) is 0 Å². The van der Waals surface area contributed by atoms with Crippen molar-refractivity contribution in [1.82, 2.24) is 0 Å². The van der Waals surface area contributed by atoms with Crippen LogP contribution in [-0.2, 0) is 4.79 Å². The second-order valence-electron chi connectivity index (χ2n) is 9.46. The van der Waals surface area contributed by atoms with Crippen LogP contribution in [0.5, 0.6) is 0 Å². The van der Waals surface area contributed by atoms with Gasteiger partial charge in [0.25, 0.3) is 5.91 Å². The van der Waals surface area contributed by atoms with Crippen molar-refractivity contribution >= 4 is 23.2 Å². The number of anilines is 2. The minimum atomic E-state index is -0.537. The molecule has 1 aliphatic rings. The minimum Gasteiger partial charge on any atom is -0.305 e. The largest absolute Gasteiger partial charge is 0.305 e. The fourth-order valence-corrected chi connectivity index (χ4v) is 4.44. The maximum absolute atomic E-state index is 13.7. The Kier molecular flexibility index (Phi) is 5.88. The summed E-state index contributed by atoms with van der Waals surface area (Å²) in [5, 5.41) is 0. The predicted molar refractivity (Wildman–Crippen MR) is 130 cm³/mol. The highest BCUT2D eigenvalue weighted by Crippen LogP contribution is 2.44. The van der Waals surface area contributed by atoms with Gasteiger partial charge < -0.3 is 9.80 Å². The van der Waals surface area contributed by atoms with Crippen molar-refractivity contribution in [3.8, 4) is 0 Å². The lowest BCUT2D eigenvalue weighted by Crippen LogP contribution is -2.49. The van der Waals surface area contributed by atoms with Gasteiger partial charge in [0.15, 0.2) is 0 Å². The van der Waals surface area contributed by atoms with Crippen molar-refractivity contribution in [2.75, 3.05) is 9.80 Å². The van der Waals surface area contributed by atoms with Crippen LogP contribution in [0.25, 0.3) is 0 Å². The summed E-state index contributed by atoms with van der Waals surface area (Å²) in [7, 11) is 0. The van der Waals surface area contributed by atoms with Crippen molar-refractivity contribution in [1.29, 1.82) is 0 Å². The lowest BCUT2D eigenvalue weighted by atomic mass is 9.86. The summed E-state index contributed by atoms with van der Waals surface area (Å²) in [6, 6.07) is 27.0. The zero-order valence-corrected chi connectivity index (χ0v) is 19.2. The van der Waals surface area contributed by atoms with Crippen LogP contribution in [0.15, 0.2) is 84.9 Å². The number of nitrogens with zero attached hydrogens (tertiary/aromatic N) is 2. The molecule has 0 N–H and O–H groups in total. The maximum atomic E-state index is 13.7. The van der Waals surface area contributed by atoms with E-state index in [0.29, 0.717) is 12.0 Å². The Bertz CT molecular complexity index is 1100. The van der Waals surface area contributed by atoms with Gasteiger partial charge >= 0.3 is 0 Å². The zero-order valence-electron chi connectivity index (χ0n) is 19.2. The molecule has 0 saturated carbocycles. The van der Waals surface area contributed by atoms with Crippen LogP contribution in [0.2, 0.25) is 0 Å². The van der Waals surface area contributed by atoms with E-state index in [1.54, 1.807) is 0 Å². The fraction of sp³-hybridized carbons (Fsp3) is 0.286. The maximum Gasteiger partial charge on any atom is 0.258 e. The molecule has 0 radical (unpaired) electrons. The Labute approximate surface area is 190 Å². The molecule has 3 aromatic rings. The summed E-state index contributed by atoms with van der Waals surface area (Å²) in [4.78, 5) is 30.9. The van der Waals surface area contributed by atoms with Gasteiger partial charge in [-0.05, 0) is 49.2 Å². The van der Waals surface area contributed by atoms with Gasteiger partial charge in [0.05, 0.1) is 6.04 Å². The van der Waals surface area contributed by atoms with E-state index >= 15 is 0 Å². The van der Waals surface area contributed by atoms with Gasteiger partial charge in [-0.3, -0.25) is 9.59 Å². The Morgan fingerprint density at radius 1 is 0.844 bits per heavy atom. The molecule has 2 unspecified atom stereocenters. The van der Waals surface area contributed by atoms with E-state index in [9.17, 15) is 9.59 Å². The van der Waals surface area contributed by atoms with Gasteiger partial charge in [-0.25, -0.2) is 0 Å². The number of amides is 2. The van der Waals surface area contributed by atoms with Crippen LogP contribution >= 0.6 is 0 Å². The van der Waals surface area contributed by atoms with E-state index in [0.717, 1.165) is 16.9 Å². The summed E-state index contributed by atoms with van der Waals surface area (Å²) in [5.74, 6) is 0.0518. The highest BCUT2D eigenvalue weighted by molar-refractivity contribution is 6.07. The Morgan fingerprint density at radius 2 is 1.41 bits per heavy atom. The fourth-order valence-electron chi connectivity index (χ4n) is 4.44. The van der Waals surface area contributed by atoms with Crippen molar-refractivity contribution in [2.24, 2.45) is 5.41 Å². The third-order valence-corrected chi connectivity index (χ3v) is 6.01. The Balaban J connectivity index is 1.82. The molecule has 32 heavy (non-hydrogen) atoms. The van der Waals surface area contributed by atoms with Gasteiger partial charge in [0.1, 0.15) is 0 Å². The number of para-hydroxylation sites is 2. The molecular formula is C28H30N2O2. The molecule has 4 rings (SSSR count). The topological polar surface area (TPSA) is 40.6 Å². The van der Waals surface area contributed by atoms with Gasteiger partial charge in [0, 0.05) is 28.4 Å². The summed E-state index contributed by atoms with van der Waals surface area (Å²) in [6.45, 7) is 7.92. The van der Waals surface area contributed by atoms with E-state index in [2.05, 4.69) is 6.92 Å². The molecule has 0 aromatic heterocycles. The standard InChI is InChI=1S/C28H30N2O2/c1-20-19-25(30(27(32)28(2,3)4)22-15-9-6-10-16-22)23-17-11-12-18-24(23)29(20)26(31)21-13-7-5-8-14-21/h5-18,20,25H,19H2,1-4H3. The lowest BCUT2D eigenvalue weighted by molar-refractivity contribution is -0.126. The number of benzene rings is 3. The lowest BCUT2D eigenvalue weighted by Gasteiger charge is -2.45. The number of carbonyl (C=O) groups excluding carboxylic acids is 2. The van der Waals surface area contributed by atoms with Crippen molar-refractivity contribution in [2.45, 2.75) is 46.2 Å². The van der Waals surface area contributed by atoms with Crippen molar-refractivity contribution < 1.29 is 9.59 Å². The molecule has 3 aromatic carbocycles. The molecule has 0 aliphatic carbocycles. The van der Waals surface area contributed by atoms with Crippen LogP contribution < -0.4 is 9.80 Å². The summed E-state index contributed by atoms with van der Waals surface area (Å²) in [6.07, 6.45) is 0.659. The molecule has 0 bridgehead atoms. The highest BCUT2D eigenvalue weighted by Gasteiger charge is 2.41. The average Bonchev–Trinajstić information content (AvgIpc) is 2.79. The third-order valence-electron chi connectivity index (χ3n) is 6.01. The quantitative estimate of drug-likeness (QED) is 0.497. The van der Waals surface area contributed by atoms with Gasteiger partial charge in [0.2, 0.25) is 5.91 Å². The van der Waals surface area contributed by atoms with Crippen LogP contribution in [-0.4, -0.2) is 17.9 Å². The first kappa shape index (κ1) is 21.8. The molecule has 1 aliphatic heterocycles. The molecule has 0 saturated heterocycles. The second kappa shape index (κ2) is 8.62. The number of hydrogen-bond acceptors (Lipinski definition) is 2. The third kappa shape index (κ3) is 4.05. The average molecular weight is 427 g/mol. The van der Waals surface area contributed by atoms with E-state index in [4.69, 9.17) is 0 Å². The van der Waals surface area contributed by atoms with E-state index in [-0.39, 0.29) is 23.9 Å². The first-order valence-electron chi connectivity index (χ1n) is 11.2. The van der Waals surface area contributed by atoms with Gasteiger partial charge in [-0.2, -0.15) is 0 Å². The summed E-state index contributed by atoms with van der Waals surface area (Å²) < 4.78 is 0. The molecule has 0 spiro atoms. The molecule has 2 atom stereocenters. The number of fused-ring (bicyclic) bond motifs is 1. The molecule has 2 amide bonds. The molecule has 4 nitrogen and oxygen atoms in total. The Hall–Kier alpha value is -3.40. The van der Waals surface area contributed by atoms with E-state index < -0.39 is 5.41 Å².